The van der Waals surface area contributed by atoms with Crippen LogP contribution in [0.2, 0.25) is 0 Å². The van der Waals surface area contributed by atoms with Gasteiger partial charge in [0.15, 0.2) is 0 Å². The highest BCUT2D eigenvalue weighted by Gasteiger charge is 2.06. The van der Waals surface area contributed by atoms with Gasteiger partial charge >= 0.3 is 0 Å². The summed E-state index contributed by atoms with van der Waals surface area (Å²) in [6.07, 6.45) is 3.25. The highest BCUT2D eigenvalue weighted by molar-refractivity contribution is 5.60. The van der Waals surface area contributed by atoms with E-state index < -0.39 is 0 Å². The number of rotatable bonds is 4. The third-order valence-electron chi connectivity index (χ3n) is 3.67. The Labute approximate surface area is 124 Å². The van der Waals surface area contributed by atoms with Crippen LogP contribution in [0.15, 0.2) is 55.1 Å². The number of nitrogens with one attached hydrogen (secondary N) is 1. The van der Waals surface area contributed by atoms with Crippen molar-refractivity contribution in [3.05, 3.63) is 71.8 Å². The summed E-state index contributed by atoms with van der Waals surface area (Å²) >= 11 is 0. The Kier molecular flexibility index (Phi) is 3.69. The molecule has 0 aliphatic rings. The number of hydrogen-bond donors (Lipinski definition) is 1. The molecule has 1 heterocycles. The summed E-state index contributed by atoms with van der Waals surface area (Å²) in [7, 11) is 0. The van der Waals surface area contributed by atoms with E-state index in [9.17, 15) is 0 Å². The van der Waals surface area contributed by atoms with E-state index >= 15 is 0 Å². The summed E-state index contributed by atoms with van der Waals surface area (Å²) in [5.41, 5.74) is 6.00. The van der Waals surface area contributed by atoms with E-state index in [1.807, 2.05) is 18.2 Å². The SMILES string of the molecule is Cc1cccc(C)c1CNc1ccccc1-n1cncn1. The Morgan fingerprint density at radius 3 is 2.48 bits per heavy atom. The molecule has 1 aromatic heterocycles. The molecular formula is C17H18N4. The molecule has 21 heavy (non-hydrogen) atoms. The summed E-state index contributed by atoms with van der Waals surface area (Å²) in [4.78, 5) is 4.01. The lowest BCUT2D eigenvalue weighted by Crippen LogP contribution is -2.07. The van der Waals surface area contributed by atoms with Gasteiger partial charge in [-0.2, -0.15) is 5.10 Å². The maximum Gasteiger partial charge on any atom is 0.138 e. The molecule has 0 aliphatic heterocycles. The van der Waals surface area contributed by atoms with Gasteiger partial charge in [0.05, 0.1) is 11.4 Å². The molecule has 4 nitrogen and oxygen atoms in total. The number of nitrogens with zero attached hydrogens (tertiary/aromatic N) is 3. The molecule has 0 unspecified atom stereocenters. The number of anilines is 1. The van der Waals surface area contributed by atoms with Gasteiger partial charge in [0.2, 0.25) is 0 Å². The van der Waals surface area contributed by atoms with Crippen molar-refractivity contribution in [1.82, 2.24) is 14.8 Å². The summed E-state index contributed by atoms with van der Waals surface area (Å²) in [6, 6.07) is 14.5. The highest BCUT2D eigenvalue weighted by Crippen LogP contribution is 2.21. The summed E-state index contributed by atoms with van der Waals surface area (Å²) in [6.45, 7) is 5.09. The summed E-state index contributed by atoms with van der Waals surface area (Å²) in [5, 5.41) is 7.71. The molecule has 0 atom stereocenters. The van der Waals surface area contributed by atoms with E-state index in [4.69, 9.17) is 0 Å². The van der Waals surface area contributed by atoms with E-state index in [1.54, 1.807) is 17.3 Å². The van der Waals surface area contributed by atoms with Crippen LogP contribution in [0.5, 0.6) is 0 Å². The van der Waals surface area contributed by atoms with Crippen LogP contribution in [0.4, 0.5) is 5.69 Å². The average Bonchev–Trinajstić information content (AvgIpc) is 3.01. The first-order chi connectivity index (χ1) is 10.3. The van der Waals surface area contributed by atoms with Crippen LogP contribution in [0, 0.1) is 13.8 Å². The lowest BCUT2D eigenvalue weighted by molar-refractivity contribution is 0.877. The van der Waals surface area contributed by atoms with E-state index in [0.717, 1.165) is 17.9 Å². The minimum absolute atomic E-state index is 0.796. The quantitative estimate of drug-likeness (QED) is 0.794. The molecule has 0 amide bonds. The van der Waals surface area contributed by atoms with Crippen molar-refractivity contribution in [1.29, 1.82) is 0 Å². The number of aryl methyl sites for hydroxylation is 2. The van der Waals surface area contributed by atoms with Crippen LogP contribution in [0.25, 0.3) is 5.69 Å². The predicted molar refractivity (Wildman–Crippen MR) is 84.6 cm³/mol. The van der Waals surface area contributed by atoms with Crippen LogP contribution in [0.1, 0.15) is 16.7 Å². The zero-order valence-electron chi connectivity index (χ0n) is 12.2. The third kappa shape index (κ3) is 2.79. The molecule has 4 heteroatoms. The molecule has 0 saturated carbocycles. The first-order valence-electron chi connectivity index (χ1n) is 6.98. The van der Waals surface area contributed by atoms with Gasteiger partial charge < -0.3 is 5.32 Å². The molecular weight excluding hydrogens is 260 g/mol. The second kappa shape index (κ2) is 5.79. The topological polar surface area (TPSA) is 42.7 Å². The maximum absolute atomic E-state index is 4.20. The molecule has 0 radical (unpaired) electrons. The normalized spacial score (nSPS) is 10.6. The number of benzene rings is 2. The van der Waals surface area contributed by atoms with Gasteiger partial charge in [-0.3, -0.25) is 0 Å². The molecule has 1 N–H and O–H groups in total. The monoisotopic (exact) mass is 278 g/mol. The lowest BCUT2D eigenvalue weighted by Gasteiger charge is -2.14. The van der Waals surface area contributed by atoms with Crippen molar-refractivity contribution >= 4 is 5.69 Å². The van der Waals surface area contributed by atoms with E-state index in [2.05, 4.69) is 53.5 Å². The van der Waals surface area contributed by atoms with Gasteiger partial charge in [-0.15, -0.1) is 0 Å². The molecule has 0 fully saturated rings. The molecule has 3 rings (SSSR count). The molecule has 2 aromatic carbocycles. The maximum atomic E-state index is 4.20. The Balaban J connectivity index is 1.86. The van der Waals surface area contributed by atoms with Gasteiger partial charge in [0.25, 0.3) is 0 Å². The van der Waals surface area contributed by atoms with Crippen LogP contribution in [-0.4, -0.2) is 14.8 Å². The highest BCUT2D eigenvalue weighted by atomic mass is 15.3. The first kappa shape index (κ1) is 13.4. The lowest BCUT2D eigenvalue weighted by atomic mass is 10.0. The minimum atomic E-state index is 0.796. The second-order valence-corrected chi connectivity index (χ2v) is 5.08. The second-order valence-electron chi connectivity index (χ2n) is 5.08. The van der Waals surface area contributed by atoms with E-state index in [1.165, 1.54) is 16.7 Å². The largest absolute Gasteiger partial charge is 0.379 e. The zero-order chi connectivity index (χ0) is 14.7. The Hall–Kier alpha value is -2.62. The van der Waals surface area contributed by atoms with Gasteiger partial charge in [-0.05, 0) is 42.7 Å². The Morgan fingerprint density at radius 2 is 1.76 bits per heavy atom. The fourth-order valence-electron chi connectivity index (χ4n) is 2.47. The van der Waals surface area contributed by atoms with Crippen molar-refractivity contribution < 1.29 is 0 Å². The summed E-state index contributed by atoms with van der Waals surface area (Å²) < 4.78 is 1.77. The minimum Gasteiger partial charge on any atom is -0.379 e. The van der Waals surface area contributed by atoms with Crippen molar-refractivity contribution in [2.24, 2.45) is 0 Å². The molecule has 3 aromatic rings. The third-order valence-corrected chi connectivity index (χ3v) is 3.67. The summed E-state index contributed by atoms with van der Waals surface area (Å²) in [5.74, 6) is 0. The van der Waals surface area contributed by atoms with Gasteiger partial charge in [-0.1, -0.05) is 30.3 Å². The van der Waals surface area contributed by atoms with Crippen molar-refractivity contribution in [2.45, 2.75) is 20.4 Å². The fourth-order valence-corrected chi connectivity index (χ4v) is 2.47. The van der Waals surface area contributed by atoms with Crippen molar-refractivity contribution in [3.8, 4) is 5.69 Å². The van der Waals surface area contributed by atoms with Gasteiger partial charge in [-0.25, -0.2) is 9.67 Å². The number of hydrogen-bond acceptors (Lipinski definition) is 3. The smallest absolute Gasteiger partial charge is 0.138 e. The van der Waals surface area contributed by atoms with Crippen LogP contribution in [0.3, 0.4) is 0 Å². The van der Waals surface area contributed by atoms with E-state index in [0.29, 0.717) is 0 Å². The van der Waals surface area contributed by atoms with Crippen LogP contribution in [-0.2, 0) is 6.54 Å². The zero-order valence-corrected chi connectivity index (χ0v) is 12.2. The van der Waals surface area contributed by atoms with E-state index in [-0.39, 0.29) is 0 Å². The fraction of sp³-hybridized carbons (Fsp3) is 0.176. The number of para-hydroxylation sites is 2. The van der Waals surface area contributed by atoms with Gasteiger partial charge in [0.1, 0.15) is 12.7 Å². The standard InChI is InChI=1S/C17H18N4/c1-13-6-5-7-14(2)15(13)10-19-16-8-3-4-9-17(16)21-12-18-11-20-21/h3-9,11-12,19H,10H2,1-2H3. The molecule has 0 aliphatic carbocycles. The average molecular weight is 278 g/mol. The van der Waals surface area contributed by atoms with Crippen LogP contribution >= 0.6 is 0 Å². The van der Waals surface area contributed by atoms with Crippen molar-refractivity contribution in [2.75, 3.05) is 5.32 Å². The van der Waals surface area contributed by atoms with Gasteiger partial charge in [0, 0.05) is 6.54 Å². The predicted octanol–water partition coefficient (Wildman–Crippen LogP) is 3.50. The Bertz CT molecular complexity index is 712. The molecule has 0 saturated heterocycles. The Morgan fingerprint density at radius 1 is 1.00 bits per heavy atom. The molecule has 0 spiro atoms. The molecule has 106 valence electrons. The van der Waals surface area contributed by atoms with Crippen molar-refractivity contribution in [3.63, 3.8) is 0 Å². The molecule has 0 bridgehead atoms. The number of aromatic nitrogens is 3. The van der Waals surface area contributed by atoms with Crippen LogP contribution < -0.4 is 5.32 Å². The first-order valence-corrected chi connectivity index (χ1v) is 6.98.